The third-order valence-corrected chi connectivity index (χ3v) is 3.50. The van der Waals surface area contributed by atoms with E-state index in [-0.39, 0.29) is 0 Å². The summed E-state index contributed by atoms with van der Waals surface area (Å²) in [5.41, 5.74) is 0. The van der Waals surface area contributed by atoms with Crippen LogP contribution in [-0.2, 0) is 0 Å². The van der Waals surface area contributed by atoms with Gasteiger partial charge in [0.2, 0.25) is 0 Å². The molecule has 0 aliphatic heterocycles. The molecule has 0 radical (unpaired) electrons. The first-order valence-electron chi connectivity index (χ1n) is 3.61. The van der Waals surface area contributed by atoms with Crippen LogP contribution >= 0.6 is 0 Å². The van der Waals surface area contributed by atoms with E-state index < -0.39 is 0 Å². The third kappa shape index (κ3) is 2.38. The summed E-state index contributed by atoms with van der Waals surface area (Å²) in [6, 6.07) is 0. The van der Waals surface area contributed by atoms with E-state index in [0.29, 0.717) is 0 Å². The zero-order chi connectivity index (χ0) is 5.82. The predicted molar refractivity (Wildman–Crippen MR) is 37.2 cm³/mol. The van der Waals surface area contributed by atoms with Crippen LogP contribution < -0.4 is 0 Å². The second kappa shape index (κ2) is 3.75. The van der Waals surface area contributed by atoms with E-state index in [0.717, 1.165) is 3.93 Å². The first kappa shape index (κ1) is 6.91. The van der Waals surface area contributed by atoms with Gasteiger partial charge in [0.05, 0.1) is 0 Å². The van der Waals surface area contributed by atoms with Gasteiger partial charge in [0.15, 0.2) is 0 Å². The fraction of sp³-hybridized carbons (Fsp3) is 1.00. The van der Waals surface area contributed by atoms with Crippen LogP contribution in [0.15, 0.2) is 0 Å². The Morgan fingerprint density at radius 3 is 1.88 bits per heavy atom. The molecule has 0 bridgehead atoms. The zero-order valence-corrected chi connectivity index (χ0v) is 8.17. The quantitative estimate of drug-likeness (QED) is 0.430. The van der Waals surface area contributed by atoms with Gasteiger partial charge in [-0.05, 0) is 0 Å². The van der Waals surface area contributed by atoms with Crippen molar-refractivity contribution >= 4 is 22.5 Å². The molecule has 0 aromatic carbocycles. The van der Waals surface area contributed by atoms with Crippen molar-refractivity contribution in [2.24, 2.45) is 0 Å². The van der Waals surface area contributed by atoms with Crippen LogP contribution in [0.25, 0.3) is 0 Å². The van der Waals surface area contributed by atoms with Gasteiger partial charge in [-0.25, -0.2) is 0 Å². The first-order chi connectivity index (χ1) is 3.89. The Hall–Kier alpha value is 0.799. The summed E-state index contributed by atoms with van der Waals surface area (Å²) in [7, 11) is 0. The predicted octanol–water partition coefficient (Wildman–Crippen LogP) is 2.30. The van der Waals surface area contributed by atoms with Gasteiger partial charge in [0.1, 0.15) is 0 Å². The second-order valence-corrected chi connectivity index (χ2v) is 5.02. The summed E-state index contributed by atoms with van der Waals surface area (Å²) in [5, 5.41) is 0. The maximum atomic E-state index is 1.78. The summed E-state index contributed by atoms with van der Waals surface area (Å²) >= 11 is 1.78. The molecule has 1 rings (SSSR count). The van der Waals surface area contributed by atoms with E-state index in [1.165, 1.54) is 38.5 Å². The summed E-state index contributed by atoms with van der Waals surface area (Å²) < 4.78 is 1.12. The molecule has 42 valence electrons. The van der Waals surface area contributed by atoms with Gasteiger partial charge in [0.25, 0.3) is 0 Å². The van der Waals surface area contributed by atoms with Crippen molar-refractivity contribution in [2.45, 2.75) is 42.5 Å². The molecule has 0 aromatic rings. The fourth-order valence-corrected chi connectivity index (χ4v) is 2.44. The van der Waals surface area contributed by atoms with E-state index in [4.69, 9.17) is 0 Å². The summed E-state index contributed by atoms with van der Waals surface area (Å²) in [6.07, 6.45) is 9.08. The van der Waals surface area contributed by atoms with Crippen LogP contribution in [-0.4, -0.2) is 22.5 Å². The standard InChI is InChI=1S/C7H13.Sn/c1-2-4-6-7-5-3-1;/h1H,2-7H2;/q;+3. The molecule has 0 amide bonds. The average molecular weight is 216 g/mol. The molecule has 0 atom stereocenters. The topological polar surface area (TPSA) is 0 Å². The Morgan fingerprint density at radius 2 is 1.38 bits per heavy atom. The molecule has 1 aliphatic rings. The molecule has 0 unspecified atom stereocenters. The number of rotatable bonds is 0. The van der Waals surface area contributed by atoms with Crippen molar-refractivity contribution in [2.75, 3.05) is 0 Å². The van der Waals surface area contributed by atoms with Crippen LogP contribution in [0, 0.1) is 0 Å². The van der Waals surface area contributed by atoms with E-state index >= 15 is 0 Å². The van der Waals surface area contributed by atoms with Gasteiger partial charge in [-0.3, -0.25) is 0 Å². The molecule has 8 heavy (non-hydrogen) atoms. The van der Waals surface area contributed by atoms with Gasteiger partial charge in [0, 0.05) is 0 Å². The molecule has 0 nitrogen and oxygen atoms in total. The van der Waals surface area contributed by atoms with Crippen LogP contribution in [0.5, 0.6) is 0 Å². The molecule has 0 saturated heterocycles. The Morgan fingerprint density at radius 1 is 0.875 bits per heavy atom. The van der Waals surface area contributed by atoms with E-state index in [1.807, 2.05) is 0 Å². The normalized spacial score (nSPS) is 25.2. The molecule has 0 N–H and O–H groups in total. The molecular formula is C7H13Sn+3. The molecule has 1 aliphatic carbocycles. The number of hydrogen-bond acceptors (Lipinski definition) is 0. The first-order valence-corrected chi connectivity index (χ1v) is 5.25. The molecular weight excluding hydrogens is 203 g/mol. The maximum absolute atomic E-state index is 1.78. The van der Waals surface area contributed by atoms with Crippen molar-refractivity contribution in [3.63, 3.8) is 0 Å². The van der Waals surface area contributed by atoms with Crippen molar-refractivity contribution in [3.8, 4) is 0 Å². The molecule has 0 aromatic heterocycles. The van der Waals surface area contributed by atoms with Gasteiger partial charge in [-0.15, -0.1) is 0 Å². The van der Waals surface area contributed by atoms with Crippen LogP contribution in [0.2, 0.25) is 3.93 Å². The average Bonchev–Trinajstić information content (AvgIpc) is 1.94. The summed E-state index contributed by atoms with van der Waals surface area (Å²) in [4.78, 5) is 0. The zero-order valence-electron chi connectivity index (χ0n) is 5.32. The third-order valence-electron chi connectivity index (χ3n) is 1.86. The van der Waals surface area contributed by atoms with Crippen molar-refractivity contribution in [1.29, 1.82) is 0 Å². The Labute approximate surface area is 65.1 Å². The monoisotopic (exact) mass is 217 g/mol. The summed E-state index contributed by atoms with van der Waals surface area (Å²) in [5.74, 6) is 0. The van der Waals surface area contributed by atoms with Gasteiger partial charge < -0.3 is 0 Å². The van der Waals surface area contributed by atoms with Gasteiger partial charge >= 0.3 is 65.0 Å². The minimum absolute atomic E-state index is 1.12. The minimum atomic E-state index is 1.12. The van der Waals surface area contributed by atoms with Gasteiger partial charge in [-0.1, -0.05) is 0 Å². The van der Waals surface area contributed by atoms with Gasteiger partial charge in [-0.2, -0.15) is 0 Å². The van der Waals surface area contributed by atoms with Crippen LogP contribution in [0.1, 0.15) is 38.5 Å². The van der Waals surface area contributed by atoms with Crippen molar-refractivity contribution < 1.29 is 0 Å². The fourth-order valence-electron chi connectivity index (χ4n) is 1.28. The van der Waals surface area contributed by atoms with Crippen LogP contribution in [0.4, 0.5) is 0 Å². The molecule has 1 saturated carbocycles. The van der Waals surface area contributed by atoms with E-state index in [2.05, 4.69) is 0 Å². The van der Waals surface area contributed by atoms with E-state index in [9.17, 15) is 0 Å². The number of hydrogen-bond donors (Lipinski definition) is 0. The Kier molecular flexibility index (Phi) is 3.24. The van der Waals surface area contributed by atoms with E-state index in [1.54, 1.807) is 22.5 Å². The molecule has 0 spiro atoms. The molecule has 0 heterocycles. The molecule has 1 heteroatoms. The van der Waals surface area contributed by atoms with Crippen molar-refractivity contribution in [3.05, 3.63) is 0 Å². The van der Waals surface area contributed by atoms with Crippen LogP contribution in [0.3, 0.4) is 0 Å². The summed E-state index contributed by atoms with van der Waals surface area (Å²) in [6.45, 7) is 0. The second-order valence-electron chi connectivity index (χ2n) is 2.69. The van der Waals surface area contributed by atoms with Crippen molar-refractivity contribution in [1.82, 2.24) is 0 Å². The Bertz CT molecular complexity index is 53.4. The molecule has 1 fully saturated rings. The Balaban J connectivity index is 2.17. The SMILES string of the molecule is [Sn+3][CH]1CCCCCC1.